The molecule has 0 spiro atoms. The van der Waals surface area contributed by atoms with Crippen molar-refractivity contribution in [1.29, 1.82) is 0 Å². The van der Waals surface area contributed by atoms with Gasteiger partial charge in [0.25, 0.3) is 0 Å². The third-order valence-corrected chi connectivity index (χ3v) is 6.16. The van der Waals surface area contributed by atoms with Crippen LogP contribution >= 0.6 is 11.6 Å². The van der Waals surface area contributed by atoms with E-state index in [-0.39, 0.29) is 19.6 Å². The van der Waals surface area contributed by atoms with Crippen LogP contribution in [-0.2, 0) is 27.3 Å². The zero-order valence-corrected chi connectivity index (χ0v) is 22.3. The Kier molecular flexibility index (Phi) is 11.6. The van der Waals surface area contributed by atoms with E-state index in [0.717, 1.165) is 17.5 Å². The maximum atomic E-state index is 14.3. The van der Waals surface area contributed by atoms with Crippen molar-refractivity contribution in [1.82, 2.24) is 5.32 Å². The first-order chi connectivity index (χ1) is 18.9. The molecule has 0 bridgehead atoms. The number of benzene rings is 3. The van der Waals surface area contributed by atoms with Gasteiger partial charge in [-0.2, -0.15) is 0 Å². The second kappa shape index (κ2) is 15.4. The Hall–Kier alpha value is -4.07. The molecular formula is C29H30ClFN4O4. The number of ether oxygens (including phenoxy) is 2. The lowest BCUT2D eigenvalue weighted by Crippen LogP contribution is -2.40. The van der Waals surface area contributed by atoms with Crippen molar-refractivity contribution in [2.24, 2.45) is 5.11 Å². The highest BCUT2D eigenvalue weighted by Gasteiger charge is 2.25. The summed E-state index contributed by atoms with van der Waals surface area (Å²) in [6.45, 7) is 2.26. The van der Waals surface area contributed by atoms with Gasteiger partial charge in [0.05, 0.1) is 6.61 Å². The first kappa shape index (κ1) is 29.5. The minimum absolute atomic E-state index is 0.00870. The van der Waals surface area contributed by atoms with E-state index in [2.05, 4.69) is 15.3 Å². The van der Waals surface area contributed by atoms with Gasteiger partial charge in [0, 0.05) is 21.5 Å². The van der Waals surface area contributed by atoms with Crippen LogP contribution < -0.4 is 5.32 Å². The molecule has 39 heavy (non-hydrogen) atoms. The molecule has 2 atom stereocenters. The Morgan fingerprint density at radius 2 is 1.79 bits per heavy atom. The number of azide groups is 1. The van der Waals surface area contributed by atoms with E-state index in [1.165, 1.54) is 12.1 Å². The highest BCUT2D eigenvalue weighted by Crippen LogP contribution is 2.26. The number of unbranched alkanes of at least 4 members (excludes halogenated alkanes) is 1. The predicted molar refractivity (Wildman–Crippen MR) is 148 cm³/mol. The molecule has 1 amide bonds. The third kappa shape index (κ3) is 9.63. The molecule has 0 aliphatic carbocycles. The lowest BCUT2D eigenvalue weighted by molar-refractivity contribution is -0.146. The molecular weight excluding hydrogens is 523 g/mol. The van der Waals surface area contributed by atoms with Crippen molar-refractivity contribution in [3.05, 3.63) is 105 Å². The minimum atomic E-state index is -1.17. The van der Waals surface area contributed by atoms with Gasteiger partial charge in [-0.05, 0) is 59.7 Å². The number of halogens is 2. The normalized spacial score (nSPS) is 12.1. The van der Waals surface area contributed by atoms with Gasteiger partial charge in [-0.1, -0.05) is 84.7 Å². The van der Waals surface area contributed by atoms with E-state index < -0.39 is 30.0 Å². The monoisotopic (exact) mass is 552 g/mol. The van der Waals surface area contributed by atoms with E-state index in [1.807, 2.05) is 37.3 Å². The summed E-state index contributed by atoms with van der Waals surface area (Å²) < 4.78 is 24.9. The summed E-state index contributed by atoms with van der Waals surface area (Å²) >= 11 is 6.03. The van der Waals surface area contributed by atoms with Crippen molar-refractivity contribution in [3.63, 3.8) is 0 Å². The van der Waals surface area contributed by atoms with Crippen molar-refractivity contribution in [2.45, 2.75) is 51.3 Å². The molecule has 3 aromatic carbocycles. The average Bonchev–Trinajstić information content (AvgIpc) is 2.94. The van der Waals surface area contributed by atoms with Crippen molar-refractivity contribution in [2.75, 3.05) is 6.61 Å². The summed E-state index contributed by atoms with van der Waals surface area (Å²) in [5.41, 5.74) is 11.7. The van der Waals surface area contributed by atoms with E-state index >= 15 is 0 Å². The fraction of sp³-hybridized carbons (Fsp3) is 0.310. The van der Waals surface area contributed by atoms with Crippen LogP contribution in [0.1, 0.15) is 37.3 Å². The molecule has 0 saturated carbocycles. The highest BCUT2D eigenvalue weighted by atomic mass is 35.5. The summed E-state index contributed by atoms with van der Waals surface area (Å²) in [4.78, 5) is 28.0. The fourth-order valence-corrected chi connectivity index (χ4v) is 4.05. The van der Waals surface area contributed by atoms with E-state index in [4.69, 9.17) is 26.6 Å². The Morgan fingerprint density at radius 3 is 2.49 bits per heavy atom. The largest absolute Gasteiger partial charge is 0.461 e. The standard InChI is InChI=1S/C29H30ClFN4O4/c1-2-3-15-38-29(37)33-24(18-27(34-35-32)28(36)39-19-21-7-5-4-6-8-21)16-20-9-11-22(12-10-20)25-17-23(30)13-14-26(25)31/h4-14,17,24,27H,2-3,15-16,18-19H2,1H3,(H,33,37)/t24?,27-/m1/s1. The Morgan fingerprint density at radius 1 is 1.05 bits per heavy atom. The minimum Gasteiger partial charge on any atom is -0.461 e. The average molecular weight is 553 g/mol. The summed E-state index contributed by atoms with van der Waals surface area (Å²) in [5, 5.41) is 6.83. The molecule has 0 fully saturated rings. The van der Waals surface area contributed by atoms with Crippen LogP contribution in [0.15, 0.2) is 77.9 Å². The first-order valence-corrected chi connectivity index (χ1v) is 13.0. The van der Waals surface area contributed by atoms with Crippen LogP contribution in [0, 0.1) is 5.82 Å². The van der Waals surface area contributed by atoms with Crippen LogP contribution in [0.2, 0.25) is 5.02 Å². The molecule has 0 aliphatic heterocycles. The molecule has 0 heterocycles. The predicted octanol–water partition coefficient (Wildman–Crippen LogP) is 7.40. The van der Waals surface area contributed by atoms with Gasteiger partial charge in [-0.3, -0.25) is 4.79 Å². The zero-order chi connectivity index (χ0) is 28.0. The van der Waals surface area contributed by atoms with Gasteiger partial charge in [0.2, 0.25) is 0 Å². The van der Waals surface area contributed by atoms with Gasteiger partial charge in [-0.15, -0.1) is 0 Å². The third-order valence-electron chi connectivity index (χ3n) is 5.92. The number of hydrogen-bond donors (Lipinski definition) is 1. The summed E-state index contributed by atoms with van der Waals surface area (Å²) in [6.07, 6.45) is 1.23. The van der Waals surface area contributed by atoms with Gasteiger partial charge in [-0.25, -0.2) is 9.18 Å². The maximum Gasteiger partial charge on any atom is 0.407 e. The summed E-state index contributed by atoms with van der Waals surface area (Å²) in [7, 11) is 0. The number of carbonyl (C=O) groups is 2. The lowest BCUT2D eigenvalue weighted by atomic mass is 9.97. The number of hydrogen-bond acceptors (Lipinski definition) is 5. The van der Waals surface area contributed by atoms with E-state index in [0.29, 0.717) is 29.0 Å². The summed E-state index contributed by atoms with van der Waals surface area (Å²) in [6, 6.07) is 18.8. The number of alkyl carbamates (subject to hydrolysis) is 1. The second-order valence-electron chi connectivity index (χ2n) is 8.91. The molecule has 204 valence electrons. The van der Waals surface area contributed by atoms with E-state index in [9.17, 15) is 14.0 Å². The number of amides is 1. The topological polar surface area (TPSA) is 113 Å². The van der Waals surface area contributed by atoms with Crippen LogP contribution in [0.4, 0.5) is 9.18 Å². The highest BCUT2D eigenvalue weighted by molar-refractivity contribution is 6.30. The Bertz CT molecular complexity index is 1280. The second-order valence-corrected chi connectivity index (χ2v) is 9.34. The van der Waals surface area contributed by atoms with Crippen LogP contribution in [0.3, 0.4) is 0 Å². The molecule has 0 saturated heterocycles. The fourth-order valence-electron chi connectivity index (χ4n) is 3.88. The number of nitrogens with zero attached hydrogens (tertiary/aromatic N) is 3. The van der Waals surface area contributed by atoms with Crippen molar-refractivity contribution < 1.29 is 23.5 Å². The number of esters is 1. The number of carbonyl (C=O) groups excluding carboxylic acids is 2. The molecule has 8 nitrogen and oxygen atoms in total. The molecule has 3 aromatic rings. The van der Waals surface area contributed by atoms with Crippen molar-refractivity contribution >= 4 is 23.7 Å². The maximum absolute atomic E-state index is 14.3. The van der Waals surface area contributed by atoms with E-state index in [1.54, 1.807) is 30.3 Å². The quantitative estimate of drug-likeness (QED) is 0.0782. The molecule has 0 aromatic heterocycles. The number of rotatable bonds is 13. The van der Waals surface area contributed by atoms with Crippen LogP contribution in [0.5, 0.6) is 0 Å². The van der Waals surface area contributed by atoms with Gasteiger partial charge < -0.3 is 14.8 Å². The SMILES string of the molecule is CCCCOC(=O)NC(Cc1ccc(-c2cc(Cl)ccc2F)cc1)C[C@@H](N=[N+]=[N-])C(=O)OCc1ccccc1. The number of nitrogens with one attached hydrogen (secondary N) is 1. The summed E-state index contributed by atoms with van der Waals surface area (Å²) in [5.74, 6) is -1.10. The molecule has 3 rings (SSSR count). The zero-order valence-electron chi connectivity index (χ0n) is 21.6. The van der Waals surface area contributed by atoms with Gasteiger partial charge >= 0.3 is 12.1 Å². The first-order valence-electron chi connectivity index (χ1n) is 12.6. The van der Waals surface area contributed by atoms with Crippen molar-refractivity contribution in [3.8, 4) is 11.1 Å². The van der Waals surface area contributed by atoms with Gasteiger partial charge in [0.15, 0.2) is 0 Å². The molecule has 10 heteroatoms. The lowest BCUT2D eigenvalue weighted by Gasteiger charge is -2.22. The Labute approximate surface area is 231 Å². The molecule has 1 unspecified atom stereocenters. The van der Waals surface area contributed by atoms with Gasteiger partial charge in [0.1, 0.15) is 18.5 Å². The smallest absolute Gasteiger partial charge is 0.407 e. The molecule has 1 N–H and O–H groups in total. The van der Waals surface area contributed by atoms with Crippen LogP contribution in [-0.4, -0.2) is 30.8 Å². The van der Waals surface area contributed by atoms with Crippen LogP contribution in [0.25, 0.3) is 21.6 Å². The molecule has 0 aliphatic rings. The molecule has 0 radical (unpaired) electrons. The Balaban J connectivity index is 1.74.